The van der Waals surface area contributed by atoms with E-state index in [0.717, 1.165) is 28.2 Å². The minimum Gasteiger partial charge on any atom is -0.505 e. The maximum Gasteiger partial charge on any atom is 0.352 e. The molecule has 1 fully saturated rings. The first kappa shape index (κ1) is 26.5. The Kier molecular flexibility index (Phi) is 8.24. The molecule has 4 rings (SSSR count). The standard InChI is InChI=1S/C26H29ClN2O5S2/c1-17(2)34-26(31)25-23(30)22(27)24(35-25)19-9-6-10-21(15-19)28-20-11-13-29(14-12-20)36(32,33)16-18-7-4-3-5-8-18/h3-10,15,17,20,28,30H,11-14,16H2,1-2H3. The monoisotopic (exact) mass is 548 g/mol. The molecule has 36 heavy (non-hydrogen) atoms. The molecule has 1 aliphatic rings. The van der Waals surface area contributed by atoms with E-state index in [2.05, 4.69) is 5.32 Å². The van der Waals surface area contributed by atoms with Gasteiger partial charge in [-0.05, 0) is 49.9 Å². The Morgan fingerprint density at radius 2 is 1.86 bits per heavy atom. The fraction of sp³-hybridized carbons (Fsp3) is 0.346. The number of nitrogens with zero attached hydrogens (tertiary/aromatic N) is 1. The van der Waals surface area contributed by atoms with Gasteiger partial charge in [0, 0.05) is 24.8 Å². The maximum atomic E-state index is 12.8. The van der Waals surface area contributed by atoms with Crippen LogP contribution in [0, 0.1) is 0 Å². The van der Waals surface area contributed by atoms with Gasteiger partial charge in [0.1, 0.15) is 5.02 Å². The molecule has 2 aromatic carbocycles. The van der Waals surface area contributed by atoms with Gasteiger partial charge >= 0.3 is 5.97 Å². The number of sulfonamides is 1. The summed E-state index contributed by atoms with van der Waals surface area (Å²) in [6.07, 6.45) is 1.06. The number of esters is 1. The predicted octanol–water partition coefficient (Wildman–Crippen LogP) is 5.75. The third kappa shape index (κ3) is 6.21. The van der Waals surface area contributed by atoms with E-state index < -0.39 is 16.0 Å². The summed E-state index contributed by atoms with van der Waals surface area (Å²) in [5, 5.41) is 14.0. The summed E-state index contributed by atoms with van der Waals surface area (Å²) in [5.74, 6) is -0.872. The van der Waals surface area contributed by atoms with Crippen LogP contribution in [0.15, 0.2) is 54.6 Å². The number of anilines is 1. The van der Waals surface area contributed by atoms with Gasteiger partial charge in [0.2, 0.25) is 10.0 Å². The van der Waals surface area contributed by atoms with E-state index in [4.69, 9.17) is 16.3 Å². The van der Waals surface area contributed by atoms with E-state index in [1.807, 2.05) is 54.6 Å². The van der Waals surface area contributed by atoms with Gasteiger partial charge in [0.25, 0.3) is 0 Å². The highest BCUT2D eigenvalue weighted by Gasteiger charge is 2.28. The van der Waals surface area contributed by atoms with Gasteiger partial charge in [-0.15, -0.1) is 11.3 Å². The number of nitrogens with one attached hydrogen (secondary N) is 1. The van der Waals surface area contributed by atoms with Crippen molar-refractivity contribution < 1.29 is 23.1 Å². The van der Waals surface area contributed by atoms with E-state index in [1.54, 1.807) is 18.2 Å². The minimum atomic E-state index is -3.37. The molecular formula is C26H29ClN2O5S2. The van der Waals surface area contributed by atoms with Crippen molar-refractivity contribution in [1.82, 2.24) is 4.31 Å². The van der Waals surface area contributed by atoms with Crippen LogP contribution in [0.1, 0.15) is 41.9 Å². The number of rotatable bonds is 8. The average molecular weight is 549 g/mol. The minimum absolute atomic E-state index is 0.00903. The maximum absolute atomic E-state index is 12.8. The van der Waals surface area contributed by atoms with Gasteiger partial charge in [-0.2, -0.15) is 0 Å². The summed E-state index contributed by atoms with van der Waals surface area (Å²) in [4.78, 5) is 13.0. The number of hydrogen-bond donors (Lipinski definition) is 2. The number of aromatic hydroxyl groups is 1. The van der Waals surface area contributed by atoms with Crippen LogP contribution >= 0.6 is 22.9 Å². The lowest BCUT2D eigenvalue weighted by molar-refractivity contribution is 0.0381. The van der Waals surface area contributed by atoms with Crippen molar-refractivity contribution in [1.29, 1.82) is 0 Å². The molecule has 0 spiro atoms. The Labute approximate surface area is 220 Å². The highest BCUT2D eigenvalue weighted by atomic mass is 35.5. The molecule has 0 unspecified atom stereocenters. The van der Waals surface area contributed by atoms with E-state index >= 15 is 0 Å². The zero-order valence-electron chi connectivity index (χ0n) is 20.1. The Bertz CT molecular complexity index is 1320. The molecular weight excluding hydrogens is 520 g/mol. The highest BCUT2D eigenvalue weighted by Crippen LogP contribution is 2.45. The Morgan fingerprint density at radius 1 is 1.17 bits per heavy atom. The van der Waals surface area contributed by atoms with E-state index in [1.165, 1.54) is 0 Å². The van der Waals surface area contributed by atoms with Crippen molar-refractivity contribution >= 4 is 44.6 Å². The molecule has 3 aromatic rings. The number of hydrogen-bond acceptors (Lipinski definition) is 7. The zero-order valence-corrected chi connectivity index (χ0v) is 22.5. The fourth-order valence-corrected chi connectivity index (χ4v) is 7.04. The third-order valence-electron chi connectivity index (χ3n) is 5.89. The van der Waals surface area contributed by atoms with Crippen molar-refractivity contribution in [3.63, 3.8) is 0 Å². The number of thiophene rings is 1. The van der Waals surface area contributed by atoms with Crippen LogP contribution in [-0.4, -0.2) is 49.0 Å². The Hall–Kier alpha value is -2.59. The second-order valence-corrected chi connectivity index (χ2v) is 12.4. The molecule has 192 valence electrons. The number of carbonyl (C=O) groups excluding carboxylic acids is 1. The fourth-order valence-electron chi connectivity index (χ4n) is 4.13. The summed E-state index contributed by atoms with van der Waals surface area (Å²) in [5.41, 5.74) is 2.40. The largest absolute Gasteiger partial charge is 0.505 e. The number of ether oxygens (including phenoxy) is 1. The second-order valence-electron chi connectivity index (χ2n) is 9.02. The molecule has 0 bridgehead atoms. The average Bonchev–Trinajstić information content (AvgIpc) is 3.14. The summed E-state index contributed by atoms with van der Waals surface area (Å²) in [6.45, 7) is 4.39. The molecule has 10 heteroatoms. The molecule has 2 N–H and O–H groups in total. The summed E-state index contributed by atoms with van der Waals surface area (Å²) >= 11 is 7.45. The number of carbonyl (C=O) groups is 1. The Balaban J connectivity index is 1.41. The van der Waals surface area contributed by atoms with Gasteiger partial charge in [-0.25, -0.2) is 17.5 Å². The van der Waals surface area contributed by atoms with Crippen molar-refractivity contribution in [2.75, 3.05) is 18.4 Å². The van der Waals surface area contributed by atoms with E-state index in [9.17, 15) is 18.3 Å². The molecule has 0 atom stereocenters. The molecule has 1 aromatic heterocycles. The number of piperidine rings is 1. The van der Waals surface area contributed by atoms with Crippen LogP contribution in [0.25, 0.3) is 10.4 Å². The topological polar surface area (TPSA) is 95.9 Å². The quantitative estimate of drug-likeness (QED) is 0.348. The van der Waals surface area contributed by atoms with Gasteiger partial charge in [-0.3, -0.25) is 0 Å². The van der Waals surface area contributed by atoms with E-state index in [-0.39, 0.29) is 33.5 Å². The van der Waals surface area contributed by atoms with Crippen molar-refractivity contribution in [3.05, 3.63) is 70.1 Å². The predicted molar refractivity (Wildman–Crippen MR) is 144 cm³/mol. The molecule has 1 aliphatic heterocycles. The zero-order chi connectivity index (χ0) is 25.9. The lowest BCUT2D eigenvalue weighted by Crippen LogP contribution is -2.42. The van der Waals surface area contributed by atoms with Crippen LogP contribution < -0.4 is 5.32 Å². The van der Waals surface area contributed by atoms with Crippen molar-refractivity contribution in [2.45, 2.75) is 44.6 Å². The Morgan fingerprint density at radius 3 is 2.53 bits per heavy atom. The van der Waals surface area contributed by atoms with Crippen LogP contribution in [0.4, 0.5) is 5.69 Å². The molecule has 0 saturated carbocycles. The van der Waals surface area contributed by atoms with Crippen LogP contribution in [0.2, 0.25) is 5.02 Å². The lowest BCUT2D eigenvalue weighted by Gasteiger charge is -2.32. The van der Waals surface area contributed by atoms with Gasteiger partial charge in [0.05, 0.1) is 16.7 Å². The SMILES string of the molecule is CC(C)OC(=O)c1sc(-c2cccc(NC3CCN(S(=O)(=O)Cc4ccccc4)CC3)c2)c(Cl)c1O. The normalized spacial score (nSPS) is 15.2. The molecule has 2 heterocycles. The van der Waals surface area contributed by atoms with Crippen LogP contribution in [0.3, 0.4) is 0 Å². The van der Waals surface area contributed by atoms with Gasteiger partial charge < -0.3 is 15.2 Å². The molecule has 0 radical (unpaired) electrons. The molecule has 1 saturated heterocycles. The van der Waals surface area contributed by atoms with Gasteiger partial charge in [0.15, 0.2) is 10.6 Å². The van der Waals surface area contributed by atoms with Crippen molar-refractivity contribution in [2.24, 2.45) is 0 Å². The van der Waals surface area contributed by atoms with Crippen LogP contribution in [-0.2, 0) is 20.5 Å². The second kappa shape index (κ2) is 11.2. The highest BCUT2D eigenvalue weighted by molar-refractivity contribution is 7.88. The third-order valence-corrected chi connectivity index (χ3v) is 9.43. The first-order chi connectivity index (χ1) is 17.1. The number of halogens is 1. The van der Waals surface area contributed by atoms with E-state index in [0.29, 0.717) is 30.8 Å². The van der Waals surface area contributed by atoms with Crippen molar-refractivity contribution in [3.8, 4) is 16.2 Å². The summed E-state index contributed by atoms with van der Waals surface area (Å²) in [6, 6.07) is 16.9. The first-order valence-electron chi connectivity index (χ1n) is 11.7. The van der Waals surface area contributed by atoms with Crippen LogP contribution in [0.5, 0.6) is 5.75 Å². The first-order valence-corrected chi connectivity index (χ1v) is 14.6. The summed E-state index contributed by atoms with van der Waals surface area (Å²) < 4.78 is 32.4. The molecule has 0 aliphatic carbocycles. The summed E-state index contributed by atoms with van der Waals surface area (Å²) in [7, 11) is -3.37. The molecule has 7 nitrogen and oxygen atoms in total. The number of benzene rings is 2. The smallest absolute Gasteiger partial charge is 0.352 e. The lowest BCUT2D eigenvalue weighted by atomic mass is 10.1. The molecule has 0 amide bonds. The van der Waals surface area contributed by atoms with Gasteiger partial charge in [-0.1, -0.05) is 54.1 Å².